The number of ether oxygens (including phenoxy) is 2. The number of unbranched alkanes of at least 4 members (excludes halogenated alkanes) is 1. The van der Waals surface area contributed by atoms with E-state index in [0.29, 0.717) is 6.04 Å². The Labute approximate surface area is 185 Å². The average Bonchev–Trinajstić information content (AvgIpc) is 3.40. The van der Waals surface area contributed by atoms with Crippen LogP contribution in [0.25, 0.3) is 0 Å². The maximum Gasteiger partial charge on any atom is 0.191 e. The van der Waals surface area contributed by atoms with Crippen LogP contribution in [0.2, 0.25) is 0 Å². The minimum Gasteiger partial charge on any atom is -0.497 e. The van der Waals surface area contributed by atoms with E-state index in [1.54, 1.807) is 14.2 Å². The van der Waals surface area contributed by atoms with Crippen LogP contribution in [-0.4, -0.2) is 67.4 Å². The number of benzene rings is 1. The molecule has 0 bridgehead atoms. The van der Waals surface area contributed by atoms with Crippen molar-refractivity contribution >= 4 is 5.96 Å². The van der Waals surface area contributed by atoms with Crippen LogP contribution in [0.3, 0.4) is 0 Å². The van der Waals surface area contributed by atoms with Gasteiger partial charge in [-0.05, 0) is 43.9 Å². The maximum atomic E-state index is 5.39. The van der Waals surface area contributed by atoms with E-state index in [1.807, 2.05) is 32.4 Å². The number of guanidine groups is 1. The Morgan fingerprint density at radius 1 is 1.19 bits per heavy atom. The fraction of sp³-hybridized carbons (Fsp3) is 0.565. The molecular weight excluding hydrogens is 392 g/mol. The number of methoxy groups -OCH3 is 2. The average molecular weight is 429 g/mol. The van der Waals surface area contributed by atoms with Crippen molar-refractivity contribution in [3.63, 3.8) is 0 Å². The van der Waals surface area contributed by atoms with E-state index in [2.05, 4.69) is 42.2 Å². The SMILES string of the molecule is CN=C(NCCCCn1ccnc1C)NC1CCN(Cc2cc(OC)cc(OC)c2)C1. The Hall–Kier alpha value is -2.74. The van der Waals surface area contributed by atoms with Crippen molar-refractivity contribution in [2.75, 3.05) is 40.9 Å². The van der Waals surface area contributed by atoms with Gasteiger partial charge in [-0.3, -0.25) is 9.89 Å². The highest BCUT2D eigenvalue weighted by Crippen LogP contribution is 2.24. The summed E-state index contributed by atoms with van der Waals surface area (Å²) in [7, 11) is 5.21. The lowest BCUT2D eigenvalue weighted by molar-refractivity contribution is 0.321. The molecule has 1 unspecified atom stereocenters. The first-order chi connectivity index (χ1) is 15.1. The fourth-order valence-corrected chi connectivity index (χ4v) is 3.95. The van der Waals surface area contributed by atoms with E-state index in [4.69, 9.17) is 9.47 Å². The van der Waals surface area contributed by atoms with Crippen LogP contribution in [-0.2, 0) is 13.1 Å². The number of nitrogens with one attached hydrogen (secondary N) is 2. The number of hydrogen-bond acceptors (Lipinski definition) is 5. The summed E-state index contributed by atoms with van der Waals surface area (Å²) in [5.41, 5.74) is 1.20. The van der Waals surface area contributed by atoms with E-state index in [1.165, 1.54) is 5.56 Å². The van der Waals surface area contributed by atoms with Crippen LogP contribution in [0.15, 0.2) is 35.6 Å². The summed E-state index contributed by atoms with van der Waals surface area (Å²) in [6, 6.07) is 6.46. The molecule has 1 aliphatic rings. The molecule has 1 aromatic heterocycles. The monoisotopic (exact) mass is 428 g/mol. The summed E-state index contributed by atoms with van der Waals surface area (Å²) in [5, 5.41) is 7.02. The third kappa shape index (κ3) is 6.89. The largest absolute Gasteiger partial charge is 0.497 e. The molecule has 1 aliphatic heterocycles. The molecule has 2 N–H and O–H groups in total. The van der Waals surface area contributed by atoms with E-state index in [9.17, 15) is 0 Å². The van der Waals surface area contributed by atoms with Gasteiger partial charge in [0.1, 0.15) is 17.3 Å². The number of hydrogen-bond donors (Lipinski definition) is 2. The van der Waals surface area contributed by atoms with Gasteiger partial charge in [0.15, 0.2) is 5.96 Å². The first-order valence-electron chi connectivity index (χ1n) is 11.0. The summed E-state index contributed by atoms with van der Waals surface area (Å²) < 4.78 is 13.0. The lowest BCUT2D eigenvalue weighted by atomic mass is 10.2. The molecule has 0 aliphatic carbocycles. The van der Waals surface area contributed by atoms with Gasteiger partial charge in [0.25, 0.3) is 0 Å². The van der Waals surface area contributed by atoms with Gasteiger partial charge in [0, 0.05) is 64.3 Å². The Kier molecular flexibility index (Phi) is 8.58. The molecule has 170 valence electrons. The van der Waals surface area contributed by atoms with Crippen molar-refractivity contribution in [1.29, 1.82) is 0 Å². The molecule has 3 rings (SSSR count). The summed E-state index contributed by atoms with van der Waals surface area (Å²) in [6.45, 7) is 6.88. The second-order valence-corrected chi connectivity index (χ2v) is 7.96. The van der Waals surface area contributed by atoms with Gasteiger partial charge in [0.05, 0.1) is 14.2 Å². The number of rotatable bonds is 10. The highest BCUT2D eigenvalue weighted by Gasteiger charge is 2.23. The second-order valence-electron chi connectivity index (χ2n) is 7.96. The predicted octanol–water partition coefficient (Wildman–Crippen LogP) is 2.43. The van der Waals surface area contributed by atoms with Gasteiger partial charge in [-0.2, -0.15) is 0 Å². The van der Waals surface area contributed by atoms with Gasteiger partial charge in [-0.1, -0.05) is 0 Å². The zero-order valence-electron chi connectivity index (χ0n) is 19.2. The first-order valence-corrected chi connectivity index (χ1v) is 11.0. The van der Waals surface area contributed by atoms with Gasteiger partial charge in [-0.15, -0.1) is 0 Å². The molecule has 1 fully saturated rings. The lowest BCUT2D eigenvalue weighted by Crippen LogP contribution is -2.44. The number of aliphatic imine (C=N–C) groups is 1. The smallest absolute Gasteiger partial charge is 0.191 e. The number of aromatic nitrogens is 2. The maximum absolute atomic E-state index is 5.39. The van der Waals surface area contributed by atoms with Crippen LogP contribution in [0.4, 0.5) is 0 Å². The molecule has 1 saturated heterocycles. The van der Waals surface area contributed by atoms with Crippen molar-refractivity contribution < 1.29 is 9.47 Å². The van der Waals surface area contributed by atoms with E-state index in [-0.39, 0.29) is 0 Å². The van der Waals surface area contributed by atoms with Crippen LogP contribution in [0.5, 0.6) is 11.5 Å². The molecule has 8 nitrogen and oxygen atoms in total. The third-order valence-corrected chi connectivity index (χ3v) is 5.70. The van der Waals surface area contributed by atoms with Gasteiger partial charge >= 0.3 is 0 Å². The molecule has 31 heavy (non-hydrogen) atoms. The molecular formula is C23H36N6O2. The molecule has 1 atom stereocenters. The van der Waals surface area contributed by atoms with Crippen molar-refractivity contribution in [2.24, 2.45) is 4.99 Å². The van der Waals surface area contributed by atoms with Crippen molar-refractivity contribution in [3.8, 4) is 11.5 Å². The second kappa shape index (κ2) is 11.6. The van der Waals surface area contributed by atoms with Gasteiger partial charge < -0.3 is 24.7 Å². The fourth-order valence-electron chi connectivity index (χ4n) is 3.95. The molecule has 8 heteroatoms. The molecule has 2 heterocycles. The van der Waals surface area contributed by atoms with Crippen LogP contribution < -0.4 is 20.1 Å². The van der Waals surface area contributed by atoms with Crippen LogP contribution >= 0.6 is 0 Å². The van der Waals surface area contributed by atoms with E-state index < -0.39 is 0 Å². The van der Waals surface area contributed by atoms with E-state index in [0.717, 1.165) is 75.3 Å². The Morgan fingerprint density at radius 3 is 2.61 bits per heavy atom. The first kappa shape index (κ1) is 22.9. The van der Waals surface area contributed by atoms with Crippen molar-refractivity contribution in [3.05, 3.63) is 42.0 Å². The predicted molar refractivity (Wildman–Crippen MR) is 124 cm³/mol. The molecule has 0 amide bonds. The summed E-state index contributed by atoms with van der Waals surface area (Å²) >= 11 is 0. The number of likely N-dealkylation sites (tertiary alicyclic amines) is 1. The van der Waals surface area contributed by atoms with E-state index >= 15 is 0 Å². The quantitative estimate of drug-likeness (QED) is 0.344. The summed E-state index contributed by atoms with van der Waals surface area (Å²) in [6.07, 6.45) is 7.20. The topological polar surface area (TPSA) is 75.9 Å². The highest BCUT2D eigenvalue weighted by atomic mass is 16.5. The Morgan fingerprint density at radius 2 is 1.97 bits per heavy atom. The highest BCUT2D eigenvalue weighted by molar-refractivity contribution is 5.79. The van der Waals surface area contributed by atoms with Crippen LogP contribution in [0.1, 0.15) is 30.7 Å². The minimum absolute atomic E-state index is 0.396. The zero-order chi connectivity index (χ0) is 22.1. The lowest BCUT2D eigenvalue weighted by Gasteiger charge is -2.19. The molecule has 0 radical (unpaired) electrons. The number of nitrogens with zero attached hydrogens (tertiary/aromatic N) is 4. The molecule has 0 saturated carbocycles. The molecule has 0 spiro atoms. The third-order valence-electron chi connectivity index (χ3n) is 5.70. The Bertz CT molecular complexity index is 828. The van der Waals surface area contributed by atoms with Gasteiger partial charge in [-0.25, -0.2) is 4.98 Å². The van der Waals surface area contributed by atoms with Crippen LogP contribution in [0, 0.1) is 6.92 Å². The zero-order valence-corrected chi connectivity index (χ0v) is 19.2. The number of aryl methyl sites for hydroxylation is 2. The molecule has 2 aromatic rings. The standard InChI is InChI=1S/C23H36N6O2/c1-18-25-9-12-29(18)10-6-5-8-26-23(24-2)27-20-7-11-28(17-20)16-19-13-21(30-3)15-22(14-19)31-4/h9,12-15,20H,5-8,10-11,16-17H2,1-4H3,(H2,24,26,27). The van der Waals surface area contributed by atoms with Crippen molar-refractivity contribution in [1.82, 2.24) is 25.1 Å². The molecule has 1 aromatic carbocycles. The Balaban J connectivity index is 1.38. The minimum atomic E-state index is 0.396. The summed E-state index contributed by atoms with van der Waals surface area (Å²) in [5.74, 6) is 3.62. The normalized spacial score (nSPS) is 17.0. The summed E-state index contributed by atoms with van der Waals surface area (Å²) in [4.78, 5) is 11.1. The van der Waals surface area contributed by atoms with Crippen molar-refractivity contribution in [2.45, 2.75) is 45.3 Å². The number of imidazole rings is 1. The van der Waals surface area contributed by atoms with Gasteiger partial charge in [0.2, 0.25) is 0 Å².